The summed E-state index contributed by atoms with van der Waals surface area (Å²) in [5, 5.41) is 3.41. The quantitative estimate of drug-likeness (QED) is 0.736. The highest BCUT2D eigenvalue weighted by Gasteiger charge is 2.32. The fourth-order valence-corrected chi connectivity index (χ4v) is 2.43. The van der Waals surface area contributed by atoms with E-state index in [9.17, 15) is 18.0 Å². The van der Waals surface area contributed by atoms with E-state index in [4.69, 9.17) is 11.6 Å². The average Bonchev–Trinajstić information content (AvgIpc) is 2.55. The van der Waals surface area contributed by atoms with Crippen LogP contribution in [0.25, 0.3) is 10.9 Å². The van der Waals surface area contributed by atoms with E-state index in [-0.39, 0.29) is 16.3 Å². The number of nitrogens with zero attached hydrogens (tertiary/aromatic N) is 2. The summed E-state index contributed by atoms with van der Waals surface area (Å²) >= 11 is 6.20. The van der Waals surface area contributed by atoms with Crippen LogP contribution in [0.2, 0.25) is 5.02 Å². The largest absolute Gasteiger partial charge is 0.433 e. The number of amides is 1. The molecule has 8 heteroatoms. The maximum absolute atomic E-state index is 12.5. The molecule has 0 radical (unpaired) electrons. The molecule has 0 bridgehead atoms. The van der Waals surface area contributed by atoms with Crippen LogP contribution in [0.5, 0.6) is 0 Å². The van der Waals surface area contributed by atoms with Gasteiger partial charge in [0.15, 0.2) is 0 Å². The predicted molar refractivity (Wildman–Crippen MR) is 83.9 cm³/mol. The molecule has 1 amide bonds. The topological polar surface area (TPSA) is 54.9 Å². The van der Waals surface area contributed by atoms with Gasteiger partial charge < -0.3 is 5.32 Å². The molecular formula is C16H9ClF3N3O. The Kier molecular flexibility index (Phi) is 4.11. The van der Waals surface area contributed by atoms with Crippen LogP contribution >= 0.6 is 11.6 Å². The fourth-order valence-electron chi connectivity index (χ4n) is 2.12. The van der Waals surface area contributed by atoms with Gasteiger partial charge in [-0.1, -0.05) is 23.7 Å². The molecule has 0 saturated heterocycles. The van der Waals surface area contributed by atoms with Crippen molar-refractivity contribution in [3.05, 3.63) is 65.1 Å². The molecule has 24 heavy (non-hydrogen) atoms. The zero-order valence-corrected chi connectivity index (χ0v) is 12.7. The molecule has 1 aromatic carbocycles. The van der Waals surface area contributed by atoms with Gasteiger partial charge in [0.1, 0.15) is 5.69 Å². The van der Waals surface area contributed by atoms with Crippen molar-refractivity contribution >= 4 is 34.1 Å². The van der Waals surface area contributed by atoms with Gasteiger partial charge in [0, 0.05) is 11.6 Å². The maximum atomic E-state index is 12.5. The first-order chi connectivity index (χ1) is 11.4. The summed E-state index contributed by atoms with van der Waals surface area (Å²) < 4.78 is 37.4. The van der Waals surface area contributed by atoms with Crippen molar-refractivity contribution < 1.29 is 18.0 Å². The molecule has 122 valence electrons. The summed E-state index contributed by atoms with van der Waals surface area (Å²) in [5.74, 6) is -0.561. The molecule has 0 atom stereocenters. The molecule has 0 aliphatic carbocycles. The van der Waals surface area contributed by atoms with Gasteiger partial charge in [-0.25, -0.2) is 4.98 Å². The van der Waals surface area contributed by atoms with Crippen LogP contribution in [0.15, 0.2) is 48.8 Å². The number of fused-ring (bicyclic) bond motifs is 1. The lowest BCUT2D eigenvalue weighted by Gasteiger charge is -2.09. The summed E-state index contributed by atoms with van der Waals surface area (Å²) in [7, 11) is 0. The highest BCUT2D eigenvalue weighted by molar-refractivity contribution is 6.38. The van der Waals surface area contributed by atoms with E-state index in [1.54, 1.807) is 24.4 Å². The molecular weight excluding hydrogens is 343 g/mol. The van der Waals surface area contributed by atoms with Crippen molar-refractivity contribution in [3.8, 4) is 0 Å². The predicted octanol–water partition coefficient (Wildman–Crippen LogP) is 4.55. The Morgan fingerprint density at radius 2 is 1.88 bits per heavy atom. The molecule has 0 saturated carbocycles. The monoisotopic (exact) mass is 351 g/mol. The number of benzene rings is 1. The number of rotatable bonds is 2. The SMILES string of the molecule is O=C(Nc1ccc(C(F)(F)F)nc1)c1ccc2cccnc2c1Cl. The Labute approximate surface area is 139 Å². The minimum atomic E-state index is -4.53. The van der Waals surface area contributed by atoms with Gasteiger partial charge in [-0.2, -0.15) is 13.2 Å². The lowest BCUT2D eigenvalue weighted by Crippen LogP contribution is -2.14. The molecule has 0 spiro atoms. The van der Waals surface area contributed by atoms with Gasteiger partial charge in [0.05, 0.1) is 28.0 Å². The van der Waals surface area contributed by atoms with E-state index < -0.39 is 17.8 Å². The van der Waals surface area contributed by atoms with Crippen LogP contribution in [0.3, 0.4) is 0 Å². The number of carbonyl (C=O) groups excluding carboxylic acids is 1. The second kappa shape index (κ2) is 6.09. The number of hydrogen-bond acceptors (Lipinski definition) is 3. The van der Waals surface area contributed by atoms with Crippen LogP contribution in [-0.2, 0) is 6.18 Å². The van der Waals surface area contributed by atoms with Gasteiger partial charge in [-0.05, 0) is 24.3 Å². The number of alkyl halides is 3. The molecule has 1 N–H and O–H groups in total. The smallest absolute Gasteiger partial charge is 0.321 e. The number of carbonyl (C=O) groups is 1. The Bertz CT molecular complexity index is 911. The van der Waals surface area contributed by atoms with E-state index in [1.165, 1.54) is 6.07 Å². The number of halogens is 4. The lowest BCUT2D eigenvalue weighted by molar-refractivity contribution is -0.141. The third kappa shape index (κ3) is 3.16. The highest BCUT2D eigenvalue weighted by Crippen LogP contribution is 2.29. The van der Waals surface area contributed by atoms with Crippen molar-refractivity contribution in [2.24, 2.45) is 0 Å². The summed E-state index contributed by atoms with van der Waals surface area (Å²) in [4.78, 5) is 19.7. The molecule has 2 heterocycles. The first-order valence-corrected chi connectivity index (χ1v) is 7.12. The molecule has 3 rings (SSSR count). The van der Waals surface area contributed by atoms with Crippen LogP contribution in [-0.4, -0.2) is 15.9 Å². The first-order valence-electron chi connectivity index (χ1n) is 6.74. The van der Waals surface area contributed by atoms with Gasteiger partial charge >= 0.3 is 6.18 Å². The number of hydrogen-bond donors (Lipinski definition) is 1. The van der Waals surface area contributed by atoms with E-state index >= 15 is 0 Å². The van der Waals surface area contributed by atoms with Crippen LogP contribution < -0.4 is 5.32 Å². The minimum absolute atomic E-state index is 0.130. The third-order valence-electron chi connectivity index (χ3n) is 3.27. The number of aromatic nitrogens is 2. The van der Waals surface area contributed by atoms with E-state index in [0.717, 1.165) is 23.7 Å². The zero-order chi connectivity index (χ0) is 17.3. The molecule has 0 aliphatic rings. The number of anilines is 1. The summed E-state index contributed by atoms with van der Waals surface area (Å²) in [6, 6.07) is 8.68. The first kappa shape index (κ1) is 16.2. The maximum Gasteiger partial charge on any atom is 0.433 e. The second-order valence-electron chi connectivity index (χ2n) is 4.89. The number of pyridine rings is 2. The molecule has 4 nitrogen and oxygen atoms in total. The average molecular weight is 352 g/mol. The number of nitrogens with one attached hydrogen (secondary N) is 1. The van der Waals surface area contributed by atoms with Crippen molar-refractivity contribution in [1.82, 2.24) is 9.97 Å². The summed E-state index contributed by atoms with van der Waals surface area (Å²) in [6.45, 7) is 0. The molecule has 2 aromatic heterocycles. The summed E-state index contributed by atoms with van der Waals surface area (Å²) in [5.41, 5.74) is -0.265. The van der Waals surface area contributed by atoms with Crippen LogP contribution in [0.4, 0.5) is 18.9 Å². The molecule has 0 fully saturated rings. The van der Waals surface area contributed by atoms with E-state index in [0.29, 0.717) is 5.52 Å². The fraction of sp³-hybridized carbons (Fsp3) is 0.0625. The summed E-state index contributed by atoms with van der Waals surface area (Å²) in [6.07, 6.45) is -2.04. The second-order valence-corrected chi connectivity index (χ2v) is 5.26. The van der Waals surface area contributed by atoms with Crippen molar-refractivity contribution in [2.45, 2.75) is 6.18 Å². The Morgan fingerprint density at radius 1 is 1.08 bits per heavy atom. The lowest BCUT2D eigenvalue weighted by atomic mass is 10.1. The minimum Gasteiger partial charge on any atom is -0.321 e. The van der Waals surface area contributed by atoms with Gasteiger partial charge in [0.2, 0.25) is 0 Å². The highest BCUT2D eigenvalue weighted by atomic mass is 35.5. The van der Waals surface area contributed by atoms with Gasteiger partial charge in [-0.3, -0.25) is 9.78 Å². The Hall–Kier alpha value is -2.67. The van der Waals surface area contributed by atoms with Gasteiger partial charge in [0.25, 0.3) is 5.91 Å². The van der Waals surface area contributed by atoms with Crippen molar-refractivity contribution in [1.29, 1.82) is 0 Å². The molecule has 0 unspecified atom stereocenters. The van der Waals surface area contributed by atoms with E-state index in [1.807, 2.05) is 0 Å². The molecule has 0 aliphatic heterocycles. The third-order valence-corrected chi connectivity index (χ3v) is 3.65. The van der Waals surface area contributed by atoms with Crippen LogP contribution in [0, 0.1) is 0 Å². The van der Waals surface area contributed by atoms with Gasteiger partial charge in [-0.15, -0.1) is 0 Å². The van der Waals surface area contributed by atoms with Crippen molar-refractivity contribution in [3.63, 3.8) is 0 Å². The molecule has 3 aromatic rings. The van der Waals surface area contributed by atoms with Crippen LogP contribution in [0.1, 0.15) is 16.1 Å². The van der Waals surface area contributed by atoms with E-state index in [2.05, 4.69) is 15.3 Å². The zero-order valence-electron chi connectivity index (χ0n) is 11.9. The van der Waals surface area contributed by atoms with Crippen molar-refractivity contribution in [2.75, 3.05) is 5.32 Å². The Balaban J connectivity index is 1.86. The normalized spacial score (nSPS) is 11.5. The Morgan fingerprint density at radius 3 is 2.54 bits per heavy atom. The standard InChI is InChI=1S/C16H9ClF3N3O/c17-13-11(5-3-9-2-1-7-21-14(9)13)15(24)23-10-4-6-12(22-8-10)16(18,19)20/h1-8H,(H,23,24).